The van der Waals surface area contributed by atoms with Crippen LogP contribution in [0.5, 0.6) is 5.75 Å². The van der Waals surface area contributed by atoms with Crippen LogP contribution in [0, 0.1) is 0 Å². The molecule has 1 saturated carbocycles. The van der Waals surface area contributed by atoms with Gasteiger partial charge in [-0.3, -0.25) is 4.68 Å². The molecule has 3 aromatic rings. The molecule has 0 aliphatic heterocycles. The maximum Gasteiger partial charge on any atom is 0.143 e. The number of rotatable bonds is 8. The number of nitrogens with zero attached hydrogens (tertiary/aromatic N) is 4. The van der Waals surface area contributed by atoms with Gasteiger partial charge in [-0.1, -0.05) is 37.8 Å². The second-order valence-corrected chi connectivity index (χ2v) is 10.5. The molecule has 8 heteroatoms. The topological polar surface area (TPSA) is 82.4 Å². The fraction of sp³-hybridized carbons (Fsp3) is 0.467. The second-order valence-electron chi connectivity index (χ2n) is 9.61. The van der Waals surface area contributed by atoms with Gasteiger partial charge in [-0.25, -0.2) is 4.99 Å². The van der Waals surface area contributed by atoms with E-state index in [-0.39, 0.29) is 0 Å². The van der Waals surface area contributed by atoms with Crippen LogP contribution in [0.1, 0.15) is 70.9 Å². The van der Waals surface area contributed by atoms with E-state index in [1.807, 2.05) is 24.9 Å². The second kappa shape index (κ2) is 14.3. The lowest BCUT2D eigenvalue weighted by Crippen LogP contribution is -2.15. The maximum atomic E-state index is 5.66. The molecule has 38 heavy (non-hydrogen) atoms. The number of hydrogen-bond donors (Lipinski definition) is 2. The molecule has 2 aromatic heterocycles. The number of hydrogen-bond acceptors (Lipinski definition) is 5. The first kappa shape index (κ1) is 29.6. The Balaban J connectivity index is 0.00000195. The Morgan fingerprint density at radius 2 is 1.95 bits per heavy atom. The first-order chi connectivity index (χ1) is 18.4. The molecule has 1 fully saturated rings. The molecular formula is C30H44N6OS. The van der Waals surface area contributed by atoms with Crippen LogP contribution in [-0.2, 0) is 7.05 Å². The first-order valence-electron chi connectivity index (χ1n) is 13.5. The summed E-state index contributed by atoms with van der Waals surface area (Å²) in [6.07, 6.45) is 15.6. The number of allylic oxidation sites excluding steroid dienone is 1. The molecule has 0 radical (unpaired) electrons. The molecule has 0 bridgehead atoms. The Morgan fingerprint density at radius 1 is 1.21 bits per heavy atom. The number of nitrogens with one attached hydrogen (secondary N) is 1. The number of aryl methyl sites for hydroxylation is 1. The Labute approximate surface area is 232 Å². The number of amidine groups is 1. The molecule has 4 rings (SSSR count). The van der Waals surface area contributed by atoms with Crippen molar-refractivity contribution in [2.24, 2.45) is 17.8 Å². The smallest absolute Gasteiger partial charge is 0.143 e. The van der Waals surface area contributed by atoms with E-state index in [4.69, 9.17) is 9.73 Å². The number of nitrogens with two attached hydrogens (primary N) is 1. The molecule has 2 heterocycles. The SMILES string of the molecule is CCC(C)=Cc1cc(-c2cnn(C)c2)n(C2CCCCC2)c1/N=C(\C)Nc1ccc(SC)cc1OC.CN. The summed E-state index contributed by atoms with van der Waals surface area (Å²) in [5.41, 5.74) is 10.2. The number of thioether (sulfide) groups is 1. The van der Waals surface area contributed by atoms with E-state index in [0.717, 1.165) is 40.6 Å². The van der Waals surface area contributed by atoms with Crippen LogP contribution in [0.15, 0.2) is 52.1 Å². The van der Waals surface area contributed by atoms with Crippen LogP contribution < -0.4 is 15.8 Å². The Hall–Kier alpha value is -2.97. The summed E-state index contributed by atoms with van der Waals surface area (Å²) < 4.78 is 10.0. The van der Waals surface area contributed by atoms with E-state index in [1.54, 1.807) is 18.9 Å². The Bertz CT molecular complexity index is 1250. The van der Waals surface area contributed by atoms with Crippen molar-refractivity contribution in [1.29, 1.82) is 0 Å². The quantitative estimate of drug-likeness (QED) is 0.175. The lowest BCUT2D eigenvalue weighted by molar-refractivity contribution is 0.358. The largest absolute Gasteiger partial charge is 0.495 e. The first-order valence-corrected chi connectivity index (χ1v) is 14.7. The normalized spacial score (nSPS) is 14.7. The highest BCUT2D eigenvalue weighted by molar-refractivity contribution is 7.98. The zero-order valence-corrected chi connectivity index (χ0v) is 24.9. The van der Waals surface area contributed by atoms with Gasteiger partial charge in [-0.15, -0.1) is 11.8 Å². The molecule has 0 spiro atoms. The average molecular weight is 537 g/mol. The minimum atomic E-state index is 0.431. The number of ether oxygens (including phenoxy) is 1. The molecular weight excluding hydrogens is 492 g/mol. The van der Waals surface area contributed by atoms with Gasteiger partial charge in [0.15, 0.2) is 0 Å². The third-order valence-corrected chi connectivity index (χ3v) is 7.66. The zero-order valence-electron chi connectivity index (χ0n) is 24.0. The molecule has 0 saturated heterocycles. The number of methoxy groups -OCH3 is 1. The molecule has 0 unspecified atom stereocenters. The van der Waals surface area contributed by atoms with Gasteiger partial charge in [-0.2, -0.15) is 5.10 Å². The van der Waals surface area contributed by atoms with E-state index in [2.05, 4.69) is 77.4 Å². The molecule has 3 N–H and O–H groups in total. The van der Waals surface area contributed by atoms with Gasteiger partial charge in [0.1, 0.15) is 17.4 Å². The third kappa shape index (κ3) is 7.11. The Kier molecular flexibility index (Phi) is 11.1. The minimum Gasteiger partial charge on any atom is -0.495 e. The fourth-order valence-corrected chi connectivity index (χ4v) is 5.32. The van der Waals surface area contributed by atoms with E-state index in [9.17, 15) is 0 Å². The lowest BCUT2D eigenvalue weighted by atomic mass is 9.95. The summed E-state index contributed by atoms with van der Waals surface area (Å²) in [5, 5.41) is 7.97. The molecule has 1 aliphatic rings. The number of aliphatic imine (C=N–C) groups is 1. The highest BCUT2D eigenvalue weighted by atomic mass is 32.2. The van der Waals surface area contributed by atoms with Crippen molar-refractivity contribution >= 4 is 35.2 Å². The van der Waals surface area contributed by atoms with Gasteiger partial charge in [0.05, 0.1) is 24.7 Å². The number of aromatic nitrogens is 3. The van der Waals surface area contributed by atoms with Crippen molar-refractivity contribution in [1.82, 2.24) is 14.3 Å². The molecule has 0 amide bonds. The van der Waals surface area contributed by atoms with E-state index in [1.165, 1.54) is 55.3 Å². The van der Waals surface area contributed by atoms with Crippen LogP contribution in [0.25, 0.3) is 17.3 Å². The van der Waals surface area contributed by atoms with E-state index in [0.29, 0.717) is 6.04 Å². The van der Waals surface area contributed by atoms with Crippen LogP contribution in [0.2, 0.25) is 0 Å². The van der Waals surface area contributed by atoms with Crippen molar-refractivity contribution < 1.29 is 4.74 Å². The van der Waals surface area contributed by atoms with Gasteiger partial charge in [0.2, 0.25) is 0 Å². The zero-order chi connectivity index (χ0) is 27.7. The highest BCUT2D eigenvalue weighted by Gasteiger charge is 2.24. The highest BCUT2D eigenvalue weighted by Crippen LogP contribution is 2.41. The summed E-state index contributed by atoms with van der Waals surface area (Å²) in [7, 11) is 5.18. The van der Waals surface area contributed by atoms with Gasteiger partial charge in [-0.05, 0) is 70.7 Å². The Morgan fingerprint density at radius 3 is 2.55 bits per heavy atom. The minimum absolute atomic E-state index is 0.431. The van der Waals surface area contributed by atoms with Crippen molar-refractivity contribution in [3.05, 3.63) is 47.8 Å². The molecule has 7 nitrogen and oxygen atoms in total. The van der Waals surface area contributed by atoms with Gasteiger partial charge in [0, 0.05) is 35.3 Å². The third-order valence-electron chi connectivity index (χ3n) is 6.94. The van der Waals surface area contributed by atoms with Crippen LogP contribution in [0.3, 0.4) is 0 Å². The lowest BCUT2D eigenvalue weighted by Gasteiger charge is -2.27. The van der Waals surface area contributed by atoms with Crippen LogP contribution in [-0.4, -0.2) is 40.6 Å². The van der Waals surface area contributed by atoms with Crippen LogP contribution >= 0.6 is 11.8 Å². The molecule has 1 aliphatic carbocycles. The number of benzene rings is 1. The molecule has 0 atom stereocenters. The van der Waals surface area contributed by atoms with Crippen molar-refractivity contribution in [2.45, 2.75) is 70.2 Å². The summed E-state index contributed by atoms with van der Waals surface area (Å²) in [4.78, 5) is 6.39. The predicted molar refractivity (Wildman–Crippen MR) is 164 cm³/mol. The van der Waals surface area contributed by atoms with Crippen molar-refractivity contribution in [2.75, 3.05) is 25.7 Å². The summed E-state index contributed by atoms with van der Waals surface area (Å²) in [6, 6.07) is 8.95. The van der Waals surface area contributed by atoms with Crippen molar-refractivity contribution in [3.8, 4) is 17.0 Å². The summed E-state index contributed by atoms with van der Waals surface area (Å²) >= 11 is 1.70. The summed E-state index contributed by atoms with van der Waals surface area (Å²) in [5.74, 6) is 2.66. The van der Waals surface area contributed by atoms with Gasteiger partial charge in [0.25, 0.3) is 0 Å². The van der Waals surface area contributed by atoms with Gasteiger partial charge >= 0.3 is 0 Å². The summed E-state index contributed by atoms with van der Waals surface area (Å²) in [6.45, 7) is 6.43. The predicted octanol–water partition coefficient (Wildman–Crippen LogP) is 7.67. The monoisotopic (exact) mass is 536 g/mol. The average Bonchev–Trinajstić information content (AvgIpc) is 3.53. The van der Waals surface area contributed by atoms with Crippen LogP contribution in [0.4, 0.5) is 11.5 Å². The van der Waals surface area contributed by atoms with Gasteiger partial charge < -0.3 is 20.4 Å². The molecule has 1 aromatic carbocycles. The standard InChI is InChI=1S/C29H39N5OS.CH5N/c1-7-20(2)15-22-16-27(23-18-30-33(4)19-23)34(24-11-9-8-10-12-24)29(22)32-21(3)31-26-14-13-25(36-6)17-28(26)35-5;1-2/h13-19,24H,7-12H2,1-6H3,(H,31,32);2H2,1H3. The van der Waals surface area contributed by atoms with E-state index < -0.39 is 0 Å². The fourth-order valence-electron chi connectivity index (χ4n) is 4.89. The molecule has 206 valence electrons. The van der Waals surface area contributed by atoms with Crippen molar-refractivity contribution in [3.63, 3.8) is 0 Å². The maximum absolute atomic E-state index is 5.66. The van der Waals surface area contributed by atoms with E-state index >= 15 is 0 Å². The number of anilines is 1.